The molecule has 2 saturated heterocycles. The highest BCUT2D eigenvalue weighted by Gasteiger charge is 2.26. The minimum absolute atomic E-state index is 0.622. The molecule has 0 aromatic carbocycles. The van der Waals surface area contributed by atoms with E-state index in [4.69, 9.17) is 0 Å². The highest BCUT2D eigenvalue weighted by Crippen LogP contribution is 2.19. The fourth-order valence-electron chi connectivity index (χ4n) is 3.54. The van der Waals surface area contributed by atoms with Crippen LogP contribution in [0.3, 0.4) is 0 Å². The van der Waals surface area contributed by atoms with Gasteiger partial charge in [0.05, 0.1) is 0 Å². The Kier molecular flexibility index (Phi) is 5.46. The van der Waals surface area contributed by atoms with E-state index in [1.807, 2.05) is 0 Å². The number of nitrogens with one attached hydrogen (secondary N) is 1. The van der Waals surface area contributed by atoms with Gasteiger partial charge >= 0.3 is 0 Å². The lowest BCUT2D eigenvalue weighted by Gasteiger charge is -2.35. The number of hydrogen-bond acceptors (Lipinski definition) is 3. The van der Waals surface area contributed by atoms with Crippen LogP contribution in [0.2, 0.25) is 0 Å². The van der Waals surface area contributed by atoms with Crippen molar-refractivity contribution in [2.24, 2.45) is 5.92 Å². The predicted octanol–water partition coefficient (Wildman–Crippen LogP) is 1.79. The van der Waals surface area contributed by atoms with Gasteiger partial charge in [0.15, 0.2) is 0 Å². The molecule has 3 nitrogen and oxygen atoms in total. The number of nitrogens with zero attached hydrogens (tertiary/aromatic N) is 2. The second-order valence-electron chi connectivity index (χ2n) is 6.47. The van der Waals surface area contributed by atoms with Gasteiger partial charge in [0.2, 0.25) is 0 Å². The van der Waals surface area contributed by atoms with E-state index in [9.17, 15) is 0 Å². The number of rotatable bonds is 5. The first kappa shape index (κ1) is 14.3. The number of piperidine rings is 1. The Morgan fingerprint density at radius 2 is 1.94 bits per heavy atom. The molecule has 0 aromatic heterocycles. The molecule has 0 spiro atoms. The minimum atomic E-state index is 0.622. The maximum absolute atomic E-state index is 3.70. The average molecular weight is 253 g/mol. The van der Waals surface area contributed by atoms with Crippen LogP contribution in [0.15, 0.2) is 0 Å². The van der Waals surface area contributed by atoms with Crippen LogP contribution in [-0.2, 0) is 0 Å². The van der Waals surface area contributed by atoms with Crippen LogP contribution in [0.4, 0.5) is 0 Å². The highest BCUT2D eigenvalue weighted by atomic mass is 15.2. The summed E-state index contributed by atoms with van der Waals surface area (Å²) in [5.41, 5.74) is 0. The Labute approximate surface area is 113 Å². The maximum atomic E-state index is 3.70. The molecule has 0 bridgehead atoms. The summed E-state index contributed by atoms with van der Waals surface area (Å²) in [5.74, 6) is 0.919. The molecule has 2 heterocycles. The SMILES string of the molecule is CCN1CCC(CN2CCCC(NC(C)C)C2)C1. The van der Waals surface area contributed by atoms with Crippen LogP contribution in [0, 0.1) is 5.92 Å². The molecule has 0 amide bonds. The molecule has 0 aromatic rings. The Balaban J connectivity index is 1.72. The molecule has 0 aliphatic carbocycles. The molecule has 2 atom stereocenters. The average Bonchev–Trinajstić information content (AvgIpc) is 2.76. The van der Waals surface area contributed by atoms with Gasteiger partial charge in [0.25, 0.3) is 0 Å². The first-order valence-electron chi connectivity index (χ1n) is 7.88. The lowest BCUT2D eigenvalue weighted by atomic mass is 10.0. The summed E-state index contributed by atoms with van der Waals surface area (Å²) in [6.07, 6.45) is 4.14. The standard InChI is InChI=1S/C15H31N3/c1-4-17-9-7-14(10-17)11-18-8-5-6-15(12-18)16-13(2)3/h13-16H,4-12H2,1-3H3. The van der Waals surface area contributed by atoms with Gasteiger partial charge in [-0.3, -0.25) is 0 Å². The summed E-state index contributed by atoms with van der Waals surface area (Å²) in [6, 6.07) is 1.35. The van der Waals surface area contributed by atoms with Gasteiger partial charge in [-0.15, -0.1) is 0 Å². The fourth-order valence-corrected chi connectivity index (χ4v) is 3.54. The minimum Gasteiger partial charge on any atom is -0.311 e. The zero-order valence-corrected chi connectivity index (χ0v) is 12.5. The molecule has 2 fully saturated rings. The van der Waals surface area contributed by atoms with E-state index in [1.54, 1.807) is 0 Å². The van der Waals surface area contributed by atoms with E-state index in [0.29, 0.717) is 6.04 Å². The summed E-state index contributed by atoms with van der Waals surface area (Å²) in [7, 11) is 0. The molecule has 2 rings (SSSR count). The predicted molar refractivity (Wildman–Crippen MR) is 78.0 cm³/mol. The number of likely N-dealkylation sites (tertiary alicyclic amines) is 2. The van der Waals surface area contributed by atoms with Crippen molar-refractivity contribution in [1.82, 2.24) is 15.1 Å². The van der Waals surface area contributed by atoms with Crippen molar-refractivity contribution >= 4 is 0 Å². The molecule has 18 heavy (non-hydrogen) atoms. The lowest BCUT2D eigenvalue weighted by Crippen LogP contribution is -2.49. The third kappa shape index (κ3) is 4.22. The van der Waals surface area contributed by atoms with Crippen LogP contribution in [0.25, 0.3) is 0 Å². The van der Waals surface area contributed by atoms with Crippen LogP contribution in [0.1, 0.15) is 40.0 Å². The van der Waals surface area contributed by atoms with Gasteiger partial charge in [0.1, 0.15) is 0 Å². The normalized spacial score (nSPS) is 31.3. The number of hydrogen-bond donors (Lipinski definition) is 1. The van der Waals surface area contributed by atoms with Gasteiger partial charge in [-0.05, 0) is 44.8 Å². The van der Waals surface area contributed by atoms with Crippen LogP contribution < -0.4 is 5.32 Å². The zero-order valence-electron chi connectivity index (χ0n) is 12.5. The Hall–Kier alpha value is -0.120. The van der Waals surface area contributed by atoms with Crippen molar-refractivity contribution in [3.05, 3.63) is 0 Å². The Bertz CT molecular complexity index is 242. The highest BCUT2D eigenvalue weighted by molar-refractivity contribution is 4.83. The van der Waals surface area contributed by atoms with Crippen LogP contribution in [-0.4, -0.2) is 61.2 Å². The topological polar surface area (TPSA) is 18.5 Å². The second-order valence-corrected chi connectivity index (χ2v) is 6.47. The molecule has 3 heteroatoms. The fraction of sp³-hybridized carbons (Fsp3) is 1.00. The molecule has 106 valence electrons. The van der Waals surface area contributed by atoms with Gasteiger partial charge in [-0.1, -0.05) is 20.8 Å². The summed E-state index contributed by atoms with van der Waals surface area (Å²) < 4.78 is 0. The largest absolute Gasteiger partial charge is 0.311 e. The first-order valence-corrected chi connectivity index (χ1v) is 7.88. The quantitative estimate of drug-likeness (QED) is 0.806. The second kappa shape index (κ2) is 6.88. The maximum Gasteiger partial charge on any atom is 0.0197 e. The van der Waals surface area contributed by atoms with Crippen molar-refractivity contribution in [3.63, 3.8) is 0 Å². The molecule has 0 radical (unpaired) electrons. The van der Waals surface area contributed by atoms with Crippen molar-refractivity contribution in [1.29, 1.82) is 0 Å². The van der Waals surface area contributed by atoms with Gasteiger partial charge in [-0.25, -0.2) is 0 Å². The first-order chi connectivity index (χ1) is 8.67. The molecular formula is C15H31N3. The molecular weight excluding hydrogens is 222 g/mol. The van der Waals surface area contributed by atoms with E-state index in [2.05, 4.69) is 35.9 Å². The molecule has 0 saturated carbocycles. The van der Waals surface area contributed by atoms with E-state index in [-0.39, 0.29) is 0 Å². The van der Waals surface area contributed by atoms with E-state index >= 15 is 0 Å². The van der Waals surface area contributed by atoms with E-state index in [1.165, 1.54) is 58.5 Å². The van der Waals surface area contributed by atoms with Crippen molar-refractivity contribution in [2.45, 2.75) is 52.1 Å². The van der Waals surface area contributed by atoms with Gasteiger partial charge in [-0.2, -0.15) is 0 Å². The van der Waals surface area contributed by atoms with Crippen molar-refractivity contribution < 1.29 is 0 Å². The van der Waals surface area contributed by atoms with Gasteiger partial charge in [0, 0.05) is 31.7 Å². The van der Waals surface area contributed by atoms with Gasteiger partial charge < -0.3 is 15.1 Å². The van der Waals surface area contributed by atoms with Crippen molar-refractivity contribution in [3.8, 4) is 0 Å². The summed E-state index contributed by atoms with van der Waals surface area (Å²) in [6.45, 7) is 14.6. The molecule has 2 unspecified atom stereocenters. The molecule has 1 N–H and O–H groups in total. The van der Waals surface area contributed by atoms with Crippen LogP contribution >= 0.6 is 0 Å². The molecule has 2 aliphatic heterocycles. The smallest absolute Gasteiger partial charge is 0.0197 e. The summed E-state index contributed by atoms with van der Waals surface area (Å²) >= 11 is 0. The van der Waals surface area contributed by atoms with Crippen molar-refractivity contribution in [2.75, 3.05) is 39.3 Å². The monoisotopic (exact) mass is 253 g/mol. The summed E-state index contributed by atoms with van der Waals surface area (Å²) in [4.78, 5) is 5.30. The van der Waals surface area contributed by atoms with E-state index < -0.39 is 0 Å². The lowest BCUT2D eigenvalue weighted by molar-refractivity contribution is 0.161. The zero-order chi connectivity index (χ0) is 13.0. The Morgan fingerprint density at radius 1 is 1.11 bits per heavy atom. The third-order valence-corrected chi connectivity index (χ3v) is 4.41. The van der Waals surface area contributed by atoms with Crippen LogP contribution in [0.5, 0.6) is 0 Å². The van der Waals surface area contributed by atoms with E-state index in [0.717, 1.165) is 12.0 Å². The summed E-state index contributed by atoms with van der Waals surface area (Å²) in [5, 5.41) is 3.70. The molecule has 2 aliphatic rings. The Morgan fingerprint density at radius 3 is 2.61 bits per heavy atom. The third-order valence-electron chi connectivity index (χ3n) is 4.41.